The first-order chi connectivity index (χ1) is 18.7. The van der Waals surface area contributed by atoms with Crippen LogP contribution >= 0.6 is 0 Å². The molecule has 0 aromatic heterocycles. The summed E-state index contributed by atoms with van der Waals surface area (Å²) in [5.41, 5.74) is 0. The van der Waals surface area contributed by atoms with Crippen LogP contribution in [0.25, 0.3) is 0 Å². The fraction of sp³-hybridized carbons (Fsp3) is 0.971. The van der Waals surface area contributed by atoms with Gasteiger partial charge in [0.05, 0.1) is 6.61 Å². The summed E-state index contributed by atoms with van der Waals surface area (Å²) in [6.45, 7) is 5.53. The number of ether oxygens (including phenoxy) is 2. The van der Waals surface area contributed by atoms with E-state index < -0.39 is 6.10 Å². The summed E-state index contributed by atoms with van der Waals surface area (Å²) in [7, 11) is 0. The van der Waals surface area contributed by atoms with E-state index in [2.05, 4.69) is 13.8 Å². The topological polar surface area (TPSA) is 55.8 Å². The Labute approximate surface area is 238 Å². The maximum Gasteiger partial charge on any atom is 0.305 e. The molecule has 38 heavy (non-hydrogen) atoms. The molecule has 0 aliphatic rings. The van der Waals surface area contributed by atoms with E-state index in [4.69, 9.17) is 9.47 Å². The van der Waals surface area contributed by atoms with Gasteiger partial charge in [0.1, 0.15) is 12.7 Å². The van der Waals surface area contributed by atoms with E-state index in [1.807, 2.05) is 0 Å². The molecule has 0 aromatic carbocycles. The van der Waals surface area contributed by atoms with Crippen LogP contribution in [0, 0.1) is 0 Å². The molecule has 4 heteroatoms. The highest BCUT2D eigenvalue weighted by atomic mass is 16.5. The molecule has 1 N–H and O–H groups in total. The maximum absolute atomic E-state index is 11.9. The van der Waals surface area contributed by atoms with E-state index in [1.54, 1.807) is 0 Å². The van der Waals surface area contributed by atoms with Crippen molar-refractivity contribution in [3.05, 3.63) is 0 Å². The van der Waals surface area contributed by atoms with Crippen molar-refractivity contribution in [1.29, 1.82) is 0 Å². The molecule has 0 bridgehead atoms. The van der Waals surface area contributed by atoms with Gasteiger partial charge >= 0.3 is 5.97 Å². The van der Waals surface area contributed by atoms with Gasteiger partial charge in [-0.3, -0.25) is 4.79 Å². The molecule has 0 radical (unpaired) electrons. The second-order valence-corrected chi connectivity index (χ2v) is 11.6. The van der Waals surface area contributed by atoms with Crippen LogP contribution in [0.1, 0.15) is 187 Å². The van der Waals surface area contributed by atoms with Crippen LogP contribution in [0.4, 0.5) is 0 Å². The van der Waals surface area contributed by atoms with Gasteiger partial charge in [0, 0.05) is 13.0 Å². The van der Waals surface area contributed by atoms with Crippen molar-refractivity contribution >= 4 is 5.97 Å². The van der Waals surface area contributed by atoms with Crippen LogP contribution in [0.2, 0.25) is 0 Å². The Balaban J connectivity index is 3.27. The molecule has 0 saturated heterocycles. The van der Waals surface area contributed by atoms with Gasteiger partial charge in [-0.2, -0.15) is 0 Å². The van der Waals surface area contributed by atoms with Crippen LogP contribution < -0.4 is 0 Å². The number of aliphatic hydroxyl groups excluding tert-OH is 1. The average Bonchev–Trinajstić information content (AvgIpc) is 2.92. The van der Waals surface area contributed by atoms with Crippen LogP contribution in [0.3, 0.4) is 0 Å². The van der Waals surface area contributed by atoms with Crippen LogP contribution in [0.5, 0.6) is 0 Å². The normalized spacial score (nSPS) is 12.2. The highest BCUT2D eigenvalue weighted by Gasteiger charge is 2.09. The number of unbranched alkanes of at least 4 members (excludes halogenated alkanes) is 24. The zero-order chi connectivity index (χ0) is 27.8. The van der Waals surface area contributed by atoms with Gasteiger partial charge in [0.2, 0.25) is 0 Å². The quantitative estimate of drug-likeness (QED) is 0.0681. The van der Waals surface area contributed by atoms with Gasteiger partial charge in [-0.05, 0) is 12.8 Å². The Hall–Kier alpha value is -0.610. The molecule has 0 aliphatic heterocycles. The third-order valence-electron chi connectivity index (χ3n) is 7.62. The van der Waals surface area contributed by atoms with E-state index in [0.29, 0.717) is 13.0 Å². The fourth-order valence-corrected chi connectivity index (χ4v) is 5.04. The SMILES string of the molecule is CCCCCCCCCCCCCCCOC[C@@H](O)COC(=O)CCCCCCCCCCCCCCC. The zero-order valence-corrected chi connectivity index (χ0v) is 26.0. The van der Waals surface area contributed by atoms with E-state index in [-0.39, 0.29) is 19.2 Å². The monoisotopic (exact) mass is 541 g/mol. The molecule has 0 rings (SSSR count). The Morgan fingerprint density at radius 1 is 0.500 bits per heavy atom. The predicted molar refractivity (Wildman–Crippen MR) is 164 cm³/mol. The predicted octanol–water partition coefficient (Wildman–Crippen LogP) is 10.5. The van der Waals surface area contributed by atoms with Gasteiger partial charge in [-0.1, -0.05) is 168 Å². The molecule has 0 unspecified atom stereocenters. The van der Waals surface area contributed by atoms with Crippen molar-refractivity contribution in [2.45, 2.75) is 193 Å². The molecule has 0 aliphatic carbocycles. The Kier molecular flexibility index (Phi) is 32.1. The van der Waals surface area contributed by atoms with E-state index in [0.717, 1.165) is 19.3 Å². The Morgan fingerprint density at radius 2 is 0.842 bits per heavy atom. The summed E-state index contributed by atoms with van der Waals surface area (Å²) in [5, 5.41) is 9.98. The van der Waals surface area contributed by atoms with Crippen molar-refractivity contribution in [3.8, 4) is 0 Å². The molecule has 228 valence electrons. The lowest BCUT2D eigenvalue weighted by molar-refractivity contribution is -0.147. The van der Waals surface area contributed by atoms with E-state index in [9.17, 15) is 9.90 Å². The van der Waals surface area contributed by atoms with Crippen molar-refractivity contribution < 1.29 is 19.4 Å². The van der Waals surface area contributed by atoms with Gasteiger partial charge in [0.15, 0.2) is 0 Å². The second-order valence-electron chi connectivity index (χ2n) is 11.6. The second kappa shape index (κ2) is 32.6. The molecule has 0 amide bonds. The zero-order valence-electron chi connectivity index (χ0n) is 26.0. The van der Waals surface area contributed by atoms with Gasteiger partial charge < -0.3 is 14.6 Å². The first-order valence-electron chi connectivity index (χ1n) is 17.1. The lowest BCUT2D eigenvalue weighted by Crippen LogP contribution is -2.24. The van der Waals surface area contributed by atoms with E-state index >= 15 is 0 Å². The first-order valence-corrected chi connectivity index (χ1v) is 17.1. The van der Waals surface area contributed by atoms with Gasteiger partial charge in [0.25, 0.3) is 0 Å². The van der Waals surface area contributed by atoms with Crippen molar-refractivity contribution in [2.75, 3.05) is 19.8 Å². The lowest BCUT2D eigenvalue weighted by atomic mass is 10.0. The molecule has 0 spiro atoms. The third kappa shape index (κ3) is 31.6. The van der Waals surface area contributed by atoms with Crippen molar-refractivity contribution in [1.82, 2.24) is 0 Å². The number of hydrogen-bond donors (Lipinski definition) is 1. The van der Waals surface area contributed by atoms with E-state index in [1.165, 1.54) is 148 Å². The fourth-order valence-electron chi connectivity index (χ4n) is 5.04. The molecule has 0 saturated carbocycles. The summed E-state index contributed by atoms with van der Waals surface area (Å²) < 4.78 is 10.8. The van der Waals surface area contributed by atoms with Crippen molar-refractivity contribution in [3.63, 3.8) is 0 Å². The molecule has 0 aromatic rings. The first kappa shape index (κ1) is 37.4. The van der Waals surface area contributed by atoms with Crippen LogP contribution in [0.15, 0.2) is 0 Å². The lowest BCUT2D eigenvalue weighted by Gasteiger charge is -2.12. The number of carbonyl (C=O) groups excluding carboxylic acids is 1. The average molecular weight is 541 g/mol. The number of hydrogen-bond acceptors (Lipinski definition) is 4. The minimum atomic E-state index is -0.715. The Morgan fingerprint density at radius 3 is 1.24 bits per heavy atom. The van der Waals surface area contributed by atoms with Gasteiger partial charge in [-0.15, -0.1) is 0 Å². The highest BCUT2D eigenvalue weighted by Crippen LogP contribution is 2.14. The molecule has 0 fully saturated rings. The molecule has 0 heterocycles. The third-order valence-corrected chi connectivity index (χ3v) is 7.62. The number of rotatable bonds is 32. The highest BCUT2D eigenvalue weighted by molar-refractivity contribution is 5.69. The molecule has 1 atom stereocenters. The maximum atomic E-state index is 11.9. The standard InChI is InChI=1S/C34H68O4/c1-3-5-7-9-11-13-15-17-19-21-23-25-27-29-34(36)38-32-33(35)31-37-30-28-26-24-22-20-18-16-14-12-10-8-6-4-2/h33,35H,3-32H2,1-2H3/t33-/m1/s1. The minimum Gasteiger partial charge on any atom is -0.463 e. The molecular formula is C34H68O4. The van der Waals surface area contributed by atoms with Crippen molar-refractivity contribution in [2.24, 2.45) is 0 Å². The number of carbonyl (C=O) groups is 1. The number of esters is 1. The smallest absolute Gasteiger partial charge is 0.305 e. The van der Waals surface area contributed by atoms with Crippen LogP contribution in [-0.4, -0.2) is 37.0 Å². The summed E-state index contributed by atoms with van der Waals surface area (Å²) in [5.74, 6) is -0.191. The summed E-state index contributed by atoms with van der Waals surface area (Å²) in [6, 6.07) is 0. The molecular weight excluding hydrogens is 472 g/mol. The van der Waals surface area contributed by atoms with Crippen LogP contribution in [-0.2, 0) is 14.3 Å². The largest absolute Gasteiger partial charge is 0.463 e. The summed E-state index contributed by atoms with van der Waals surface area (Å²) >= 11 is 0. The van der Waals surface area contributed by atoms with Gasteiger partial charge in [-0.25, -0.2) is 0 Å². The summed E-state index contributed by atoms with van der Waals surface area (Å²) in [4.78, 5) is 11.9. The summed E-state index contributed by atoms with van der Waals surface area (Å²) in [6.07, 6.45) is 34.0. The Bertz CT molecular complexity index is 454. The molecule has 4 nitrogen and oxygen atoms in total. The number of aliphatic hydroxyl groups is 1. The minimum absolute atomic E-state index is 0.0515.